The Hall–Kier alpha value is -2.98. The van der Waals surface area contributed by atoms with Gasteiger partial charge in [0.15, 0.2) is 5.58 Å². The second-order valence-corrected chi connectivity index (χ2v) is 8.32. The topological polar surface area (TPSA) is 115 Å². The average molecular weight is 402 g/mol. The Morgan fingerprint density at radius 2 is 2.04 bits per heavy atom. The molecular formula is C18H18N4O5S. The fourth-order valence-electron chi connectivity index (χ4n) is 3.14. The first kappa shape index (κ1) is 18.4. The van der Waals surface area contributed by atoms with Gasteiger partial charge in [-0.2, -0.15) is 0 Å². The van der Waals surface area contributed by atoms with Crippen LogP contribution in [0.4, 0.5) is 5.82 Å². The highest BCUT2D eigenvalue weighted by Gasteiger charge is 2.23. The number of aromatic nitrogens is 2. The molecule has 10 heteroatoms. The van der Waals surface area contributed by atoms with E-state index in [9.17, 15) is 18.0 Å². The van der Waals surface area contributed by atoms with E-state index in [4.69, 9.17) is 4.42 Å². The number of oxazole rings is 1. The summed E-state index contributed by atoms with van der Waals surface area (Å²) in [5.41, 5.74) is 1.40. The van der Waals surface area contributed by atoms with Crippen molar-refractivity contribution in [1.29, 1.82) is 0 Å². The second kappa shape index (κ2) is 6.88. The first-order chi connectivity index (χ1) is 13.3. The van der Waals surface area contributed by atoms with Gasteiger partial charge >= 0.3 is 5.76 Å². The van der Waals surface area contributed by atoms with Crippen LogP contribution in [0.3, 0.4) is 0 Å². The molecule has 0 spiro atoms. The quantitative estimate of drug-likeness (QED) is 0.684. The standard InChI is InChI=1S/C18H18N4O5S/c1-21-14-10-13(4-5-15(14)27-18(21)24)28(25,26)20-11-12-6-7-19-16(9-12)22-8-2-3-17(22)23/h4-7,9-10,20H,2-3,8,11H2,1H3. The van der Waals surface area contributed by atoms with E-state index in [2.05, 4.69) is 9.71 Å². The maximum absolute atomic E-state index is 12.7. The molecule has 1 saturated heterocycles. The van der Waals surface area contributed by atoms with E-state index in [0.29, 0.717) is 35.4 Å². The zero-order valence-corrected chi connectivity index (χ0v) is 15.9. The molecule has 9 nitrogen and oxygen atoms in total. The summed E-state index contributed by atoms with van der Waals surface area (Å²) in [6, 6.07) is 7.62. The number of anilines is 1. The molecule has 0 radical (unpaired) electrons. The average Bonchev–Trinajstić information content (AvgIpc) is 3.23. The van der Waals surface area contributed by atoms with Crippen molar-refractivity contribution in [3.8, 4) is 0 Å². The molecule has 0 aliphatic carbocycles. The molecule has 3 heterocycles. The summed E-state index contributed by atoms with van der Waals surface area (Å²) >= 11 is 0. The van der Waals surface area contributed by atoms with Crippen molar-refractivity contribution < 1.29 is 17.6 Å². The number of hydrogen-bond donors (Lipinski definition) is 1. The fourth-order valence-corrected chi connectivity index (χ4v) is 4.18. The number of nitrogens with one attached hydrogen (secondary N) is 1. The van der Waals surface area contributed by atoms with E-state index in [0.717, 1.165) is 6.42 Å². The number of carbonyl (C=O) groups excluding carboxylic acids is 1. The van der Waals surface area contributed by atoms with Gasteiger partial charge in [-0.15, -0.1) is 0 Å². The van der Waals surface area contributed by atoms with E-state index < -0.39 is 15.8 Å². The third kappa shape index (κ3) is 3.32. The van der Waals surface area contributed by atoms with Crippen molar-refractivity contribution in [3.05, 3.63) is 52.6 Å². The molecule has 1 aliphatic rings. The van der Waals surface area contributed by atoms with Crippen LogP contribution in [0.2, 0.25) is 0 Å². The van der Waals surface area contributed by atoms with Crippen LogP contribution in [0, 0.1) is 0 Å². The van der Waals surface area contributed by atoms with Gasteiger partial charge in [-0.3, -0.25) is 14.3 Å². The Balaban J connectivity index is 1.55. The van der Waals surface area contributed by atoms with Gasteiger partial charge < -0.3 is 4.42 Å². The van der Waals surface area contributed by atoms with Gasteiger partial charge in [-0.1, -0.05) is 0 Å². The molecule has 2 aromatic heterocycles. The van der Waals surface area contributed by atoms with Crippen molar-refractivity contribution in [2.75, 3.05) is 11.4 Å². The molecule has 0 bridgehead atoms. The van der Waals surface area contributed by atoms with Crippen LogP contribution in [0.15, 0.2) is 50.6 Å². The molecule has 146 valence electrons. The fraction of sp³-hybridized carbons (Fsp3) is 0.278. The Labute approximate surface area is 160 Å². The lowest BCUT2D eigenvalue weighted by atomic mass is 10.2. The predicted octanol–water partition coefficient (Wildman–Crippen LogP) is 1.13. The van der Waals surface area contributed by atoms with Crippen molar-refractivity contribution in [1.82, 2.24) is 14.3 Å². The normalized spacial score (nSPS) is 14.9. The van der Waals surface area contributed by atoms with Gasteiger partial charge in [0.25, 0.3) is 0 Å². The zero-order valence-electron chi connectivity index (χ0n) is 15.1. The maximum Gasteiger partial charge on any atom is 0.419 e. The van der Waals surface area contributed by atoms with Crippen LogP contribution in [0.1, 0.15) is 18.4 Å². The molecule has 28 heavy (non-hydrogen) atoms. The number of benzene rings is 1. The number of sulfonamides is 1. The minimum atomic E-state index is -3.81. The molecule has 1 amide bonds. The third-order valence-corrected chi connectivity index (χ3v) is 6.10. The smallest absolute Gasteiger partial charge is 0.408 e. The third-order valence-electron chi connectivity index (χ3n) is 4.70. The summed E-state index contributed by atoms with van der Waals surface area (Å²) in [4.78, 5) is 29.3. The van der Waals surface area contributed by atoms with Gasteiger partial charge in [0, 0.05) is 32.8 Å². The van der Waals surface area contributed by atoms with Crippen LogP contribution in [-0.4, -0.2) is 30.4 Å². The highest BCUT2D eigenvalue weighted by atomic mass is 32.2. The van der Waals surface area contributed by atoms with Crippen LogP contribution in [0.5, 0.6) is 0 Å². The van der Waals surface area contributed by atoms with Crippen LogP contribution in [0.25, 0.3) is 11.1 Å². The Morgan fingerprint density at radius 3 is 2.79 bits per heavy atom. The number of hydrogen-bond acceptors (Lipinski definition) is 6. The van der Waals surface area contributed by atoms with Gasteiger partial charge in [0.05, 0.1) is 10.4 Å². The zero-order chi connectivity index (χ0) is 19.9. The maximum atomic E-state index is 12.7. The van der Waals surface area contributed by atoms with Gasteiger partial charge in [-0.05, 0) is 42.3 Å². The molecule has 1 aliphatic heterocycles. The first-order valence-electron chi connectivity index (χ1n) is 8.70. The van der Waals surface area contributed by atoms with Gasteiger partial charge in [0.2, 0.25) is 15.9 Å². The van der Waals surface area contributed by atoms with Crippen molar-refractivity contribution in [3.63, 3.8) is 0 Å². The van der Waals surface area contributed by atoms with E-state index >= 15 is 0 Å². The summed E-state index contributed by atoms with van der Waals surface area (Å²) in [5.74, 6) is -0.0171. The number of rotatable bonds is 5. The van der Waals surface area contributed by atoms with E-state index in [1.807, 2.05) is 0 Å². The minimum absolute atomic E-state index is 0.0178. The molecule has 3 aromatic rings. The van der Waals surface area contributed by atoms with E-state index in [-0.39, 0.29) is 17.3 Å². The summed E-state index contributed by atoms with van der Waals surface area (Å²) in [6.45, 7) is 0.659. The number of amides is 1. The first-order valence-corrected chi connectivity index (χ1v) is 10.2. The highest BCUT2D eigenvalue weighted by molar-refractivity contribution is 7.89. The summed E-state index contributed by atoms with van der Waals surface area (Å²) in [7, 11) is -2.30. The van der Waals surface area contributed by atoms with Gasteiger partial charge in [0.1, 0.15) is 5.82 Å². The number of pyridine rings is 1. The Morgan fingerprint density at radius 1 is 1.21 bits per heavy atom. The van der Waals surface area contributed by atoms with Crippen LogP contribution >= 0.6 is 0 Å². The molecule has 1 N–H and O–H groups in total. The number of nitrogens with zero attached hydrogens (tertiary/aromatic N) is 3. The lowest BCUT2D eigenvalue weighted by Gasteiger charge is -2.15. The summed E-state index contributed by atoms with van der Waals surface area (Å²) in [5, 5.41) is 0. The lowest BCUT2D eigenvalue weighted by molar-refractivity contribution is -0.117. The van der Waals surface area contributed by atoms with E-state index in [1.165, 1.54) is 29.8 Å². The Bertz CT molecular complexity index is 1230. The highest BCUT2D eigenvalue weighted by Crippen LogP contribution is 2.21. The summed E-state index contributed by atoms with van der Waals surface area (Å²) in [6.07, 6.45) is 2.84. The largest absolute Gasteiger partial charge is 0.419 e. The number of fused-ring (bicyclic) bond motifs is 1. The molecule has 0 unspecified atom stereocenters. The molecule has 4 rings (SSSR count). The second-order valence-electron chi connectivity index (χ2n) is 6.55. The van der Waals surface area contributed by atoms with Crippen molar-refractivity contribution in [2.24, 2.45) is 7.05 Å². The number of aryl methyl sites for hydroxylation is 1. The molecular weight excluding hydrogens is 384 g/mol. The predicted molar refractivity (Wildman–Crippen MR) is 101 cm³/mol. The summed E-state index contributed by atoms with van der Waals surface area (Å²) < 4.78 is 34.1. The lowest BCUT2D eigenvalue weighted by Crippen LogP contribution is -2.26. The van der Waals surface area contributed by atoms with Gasteiger partial charge in [-0.25, -0.2) is 22.9 Å². The molecule has 0 atom stereocenters. The minimum Gasteiger partial charge on any atom is -0.408 e. The Kier molecular flexibility index (Phi) is 4.52. The SMILES string of the molecule is Cn1c(=O)oc2ccc(S(=O)(=O)NCc3ccnc(N4CCCC4=O)c3)cc21. The van der Waals surface area contributed by atoms with Crippen LogP contribution < -0.4 is 15.4 Å². The van der Waals surface area contributed by atoms with Crippen molar-refractivity contribution in [2.45, 2.75) is 24.3 Å². The molecule has 0 saturated carbocycles. The number of carbonyl (C=O) groups is 1. The molecule has 1 fully saturated rings. The van der Waals surface area contributed by atoms with Crippen LogP contribution in [-0.2, 0) is 28.4 Å². The molecule has 1 aromatic carbocycles. The monoisotopic (exact) mass is 402 g/mol. The van der Waals surface area contributed by atoms with E-state index in [1.54, 1.807) is 23.2 Å². The van der Waals surface area contributed by atoms with Crippen molar-refractivity contribution >= 4 is 32.8 Å².